The lowest BCUT2D eigenvalue weighted by molar-refractivity contribution is 0.568. The highest BCUT2D eigenvalue weighted by molar-refractivity contribution is 5.08. The molecule has 0 aliphatic rings. The molecule has 2 rings (SSSR count). The Morgan fingerprint density at radius 2 is 2.18 bits per heavy atom. The number of rotatable bonds is 5. The summed E-state index contributed by atoms with van der Waals surface area (Å²) in [5, 5.41) is 11.8. The molecule has 0 saturated carbocycles. The lowest BCUT2D eigenvalue weighted by Crippen LogP contribution is -2.21. The number of nitrogens with one attached hydrogen (secondary N) is 1. The first-order chi connectivity index (χ1) is 8.15. The standard InChI is InChI=1S/C11H18N6/c1-9(10-6-14-16(2)7-10)12-5-4-11-13-8-17(3)15-11/h6-9,12H,4-5H2,1-3H3. The molecule has 1 unspecified atom stereocenters. The van der Waals surface area contributed by atoms with Gasteiger partial charge in [-0.05, 0) is 6.92 Å². The lowest BCUT2D eigenvalue weighted by Gasteiger charge is -2.10. The topological polar surface area (TPSA) is 60.6 Å². The predicted molar refractivity (Wildman–Crippen MR) is 64.3 cm³/mol. The van der Waals surface area contributed by atoms with Gasteiger partial charge in [0.05, 0.1) is 6.20 Å². The lowest BCUT2D eigenvalue weighted by atomic mass is 10.2. The summed E-state index contributed by atoms with van der Waals surface area (Å²) in [7, 11) is 3.80. The van der Waals surface area contributed by atoms with E-state index in [1.807, 2.05) is 31.2 Å². The Balaban J connectivity index is 1.78. The molecule has 0 aliphatic heterocycles. The molecular formula is C11H18N6. The second kappa shape index (κ2) is 5.09. The largest absolute Gasteiger partial charge is 0.310 e. The second-order valence-electron chi connectivity index (χ2n) is 4.21. The third-order valence-electron chi connectivity index (χ3n) is 2.67. The van der Waals surface area contributed by atoms with E-state index in [2.05, 4.69) is 27.4 Å². The maximum absolute atomic E-state index is 4.23. The number of hydrogen-bond acceptors (Lipinski definition) is 4. The van der Waals surface area contributed by atoms with Gasteiger partial charge in [0.15, 0.2) is 5.82 Å². The third kappa shape index (κ3) is 3.13. The van der Waals surface area contributed by atoms with E-state index < -0.39 is 0 Å². The maximum atomic E-state index is 4.23. The van der Waals surface area contributed by atoms with Crippen LogP contribution in [0.2, 0.25) is 0 Å². The first-order valence-electron chi connectivity index (χ1n) is 5.71. The third-order valence-corrected chi connectivity index (χ3v) is 2.67. The molecule has 0 aromatic carbocycles. The molecule has 0 fully saturated rings. The van der Waals surface area contributed by atoms with E-state index in [0.29, 0.717) is 6.04 Å². The molecular weight excluding hydrogens is 216 g/mol. The summed E-state index contributed by atoms with van der Waals surface area (Å²) in [5.41, 5.74) is 1.20. The van der Waals surface area contributed by atoms with Crippen molar-refractivity contribution in [3.63, 3.8) is 0 Å². The minimum Gasteiger partial charge on any atom is -0.310 e. The molecule has 6 heteroatoms. The number of aryl methyl sites for hydroxylation is 2. The van der Waals surface area contributed by atoms with Crippen LogP contribution >= 0.6 is 0 Å². The number of nitrogens with zero attached hydrogens (tertiary/aromatic N) is 5. The number of hydrogen-bond donors (Lipinski definition) is 1. The summed E-state index contributed by atoms with van der Waals surface area (Å²) in [6.07, 6.45) is 6.47. The van der Waals surface area contributed by atoms with Gasteiger partial charge in [0.25, 0.3) is 0 Å². The minimum atomic E-state index is 0.299. The van der Waals surface area contributed by atoms with E-state index in [9.17, 15) is 0 Å². The van der Waals surface area contributed by atoms with Crippen molar-refractivity contribution >= 4 is 0 Å². The summed E-state index contributed by atoms with van der Waals surface area (Å²) in [5.74, 6) is 0.874. The van der Waals surface area contributed by atoms with Crippen molar-refractivity contribution < 1.29 is 0 Å². The molecule has 0 saturated heterocycles. The Morgan fingerprint density at radius 1 is 1.35 bits per heavy atom. The molecule has 1 N–H and O–H groups in total. The van der Waals surface area contributed by atoms with E-state index in [4.69, 9.17) is 0 Å². The first-order valence-corrected chi connectivity index (χ1v) is 5.71. The van der Waals surface area contributed by atoms with Gasteiger partial charge in [-0.1, -0.05) is 0 Å². The molecule has 0 radical (unpaired) electrons. The summed E-state index contributed by atoms with van der Waals surface area (Å²) in [6, 6.07) is 0.299. The van der Waals surface area contributed by atoms with Crippen LogP contribution in [0.5, 0.6) is 0 Å². The van der Waals surface area contributed by atoms with Gasteiger partial charge in [-0.2, -0.15) is 10.2 Å². The Morgan fingerprint density at radius 3 is 2.76 bits per heavy atom. The molecule has 92 valence electrons. The fourth-order valence-electron chi connectivity index (χ4n) is 1.68. The van der Waals surface area contributed by atoms with Crippen LogP contribution in [0.4, 0.5) is 0 Å². The normalized spacial score (nSPS) is 12.9. The van der Waals surface area contributed by atoms with Gasteiger partial charge in [0.1, 0.15) is 6.33 Å². The Kier molecular flexibility index (Phi) is 3.53. The highest BCUT2D eigenvalue weighted by Gasteiger charge is 2.07. The van der Waals surface area contributed by atoms with Crippen molar-refractivity contribution in [3.05, 3.63) is 30.1 Å². The van der Waals surface area contributed by atoms with Crippen molar-refractivity contribution in [2.24, 2.45) is 14.1 Å². The average molecular weight is 234 g/mol. The summed E-state index contributed by atoms with van der Waals surface area (Å²) in [6.45, 7) is 2.99. The van der Waals surface area contributed by atoms with Crippen LogP contribution in [0, 0.1) is 0 Å². The first kappa shape index (κ1) is 11.8. The molecule has 2 heterocycles. The average Bonchev–Trinajstić information content (AvgIpc) is 2.88. The van der Waals surface area contributed by atoms with Gasteiger partial charge < -0.3 is 5.32 Å². The highest BCUT2D eigenvalue weighted by atomic mass is 15.3. The molecule has 0 bridgehead atoms. The highest BCUT2D eigenvalue weighted by Crippen LogP contribution is 2.09. The summed E-state index contributed by atoms with van der Waals surface area (Å²) in [4.78, 5) is 4.18. The summed E-state index contributed by atoms with van der Waals surface area (Å²) >= 11 is 0. The van der Waals surface area contributed by atoms with E-state index in [1.54, 1.807) is 11.0 Å². The summed E-state index contributed by atoms with van der Waals surface area (Å²) < 4.78 is 3.54. The van der Waals surface area contributed by atoms with Crippen LogP contribution in [0.25, 0.3) is 0 Å². The molecule has 1 atom stereocenters. The SMILES string of the molecule is CC(NCCc1ncn(C)n1)c1cnn(C)c1. The van der Waals surface area contributed by atoms with Gasteiger partial charge in [-0.25, -0.2) is 4.98 Å². The molecule has 17 heavy (non-hydrogen) atoms. The molecule has 2 aromatic rings. The van der Waals surface area contributed by atoms with E-state index in [0.717, 1.165) is 18.8 Å². The zero-order valence-corrected chi connectivity index (χ0v) is 10.5. The Labute approximate surface area is 101 Å². The van der Waals surface area contributed by atoms with Crippen molar-refractivity contribution in [2.45, 2.75) is 19.4 Å². The van der Waals surface area contributed by atoms with E-state index in [1.165, 1.54) is 5.56 Å². The fourth-order valence-corrected chi connectivity index (χ4v) is 1.68. The zero-order valence-electron chi connectivity index (χ0n) is 10.5. The molecule has 0 aliphatic carbocycles. The molecule has 6 nitrogen and oxygen atoms in total. The van der Waals surface area contributed by atoms with Gasteiger partial charge in [-0.15, -0.1) is 0 Å². The van der Waals surface area contributed by atoms with Crippen molar-refractivity contribution in [1.29, 1.82) is 0 Å². The van der Waals surface area contributed by atoms with Crippen LogP contribution in [-0.2, 0) is 20.5 Å². The minimum absolute atomic E-state index is 0.299. The van der Waals surface area contributed by atoms with E-state index in [-0.39, 0.29) is 0 Å². The Hall–Kier alpha value is -1.69. The van der Waals surface area contributed by atoms with Gasteiger partial charge >= 0.3 is 0 Å². The van der Waals surface area contributed by atoms with Crippen molar-refractivity contribution in [1.82, 2.24) is 29.9 Å². The monoisotopic (exact) mass is 234 g/mol. The quantitative estimate of drug-likeness (QED) is 0.815. The van der Waals surface area contributed by atoms with Gasteiger partial charge in [0.2, 0.25) is 0 Å². The second-order valence-corrected chi connectivity index (χ2v) is 4.21. The number of aromatic nitrogens is 5. The van der Waals surface area contributed by atoms with Gasteiger partial charge in [-0.3, -0.25) is 9.36 Å². The van der Waals surface area contributed by atoms with E-state index >= 15 is 0 Å². The van der Waals surface area contributed by atoms with Crippen LogP contribution in [0.1, 0.15) is 24.4 Å². The zero-order chi connectivity index (χ0) is 12.3. The van der Waals surface area contributed by atoms with Crippen molar-refractivity contribution in [2.75, 3.05) is 6.54 Å². The van der Waals surface area contributed by atoms with Gasteiger partial charge in [0, 0.05) is 44.9 Å². The predicted octanol–water partition coefficient (Wildman–Crippen LogP) is 0.442. The Bertz CT molecular complexity index is 472. The van der Waals surface area contributed by atoms with Crippen LogP contribution in [0.3, 0.4) is 0 Å². The fraction of sp³-hybridized carbons (Fsp3) is 0.545. The van der Waals surface area contributed by atoms with Crippen molar-refractivity contribution in [3.8, 4) is 0 Å². The molecule has 0 amide bonds. The van der Waals surface area contributed by atoms with Crippen LogP contribution < -0.4 is 5.32 Å². The molecule has 0 spiro atoms. The molecule has 2 aromatic heterocycles. The smallest absolute Gasteiger partial charge is 0.151 e. The van der Waals surface area contributed by atoms with Crippen LogP contribution in [-0.4, -0.2) is 31.1 Å². The maximum Gasteiger partial charge on any atom is 0.151 e. The van der Waals surface area contributed by atoms with Crippen LogP contribution in [0.15, 0.2) is 18.7 Å².